The molecule has 2 heterocycles. The average molecular weight is 1470 g/mol. The molecular weight excluding hydrogens is 1380 g/mol. The zero-order valence-corrected chi connectivity index (χ0v) is 61.9. The molecule has 0 bridgehead atoms. The Morgan fingerprint density at radius 3 is 0.737 bits per heavy atom. The first kappa shape index (κ1) is 58.7. The van der Waals surface area contributed by atoms with Crippen molar-refractivity contribution in [3.8, 4) is 55.9 Å². The molecule has 114 heavy (non-hydrogen) atoms. The van der Waals surface area contributed by atoms with Gasteiger partial charge in [-0.15, -0.1) is 0 Å². The van der Waals surface area contributed by atoms with Crippen molar-refractivity contribution in [2.24, 2.45) is 0 Å². The lowest BCUT2D eigenvalue weighted by molar-refractivity contribution is 1.18. The first-order valence-electron chi connectivity index (χ1n) is 43.0. The van der Waals surface area contributed by atoms with Crippen LogP contribution in [0.15, 0.2) is 473 Å². The molecule has 0 N–H and O–H groups in total. The standard InChI is InChI=1S/C60H42N4.C48H36N2/c1-5-21-45(22-6-1)61(51-35-37-59-55(41-51)53-31-13-15-33-57(53)63(59)47-25-9-3-10-26-47)49-29-17-19-43(39-49)44-20-18-30-50(40-44)62(46-23-7-2-8-24-46)52-36-38-60-56(42-52)54-32-14-16-34-58(54)64(60)48-27-11-4-12-28-48;1-5-15-37(16-6-1)39-27-31-45(32-28-39)49(43-21-9-3-10-22-43)47-25-13-19-41(35-47)42-20-14-26-48(36-42)50(44-23-11-4-12-24-44)46-33-29-40(30-34-46)38-17-7-2-8-18-38/h1-42H;1-36H/i;3D,4D,9D,10D,11D,12D,21D,22D,23D,24D. The Balaban J connectivity index is 0.000000163. The van der Waals surface area contributed by atoms with Crippen LogP contribution in [0.1, 0.15) is 13.7 Å². The van der Waals surface area contributed by atoms with Crippen molar-refractivity contribution in [2.75, 3.05) is 19.6 Å². The van der Waals surface area contributed by atoms with E-state index in [1.165, 1.54) is 43.6 Å². The summed E-state index contributed by atoms with van der Waals surface area (Å²) in [5.41, 5.74) is 23.4. The number of nitrogens with zero attached hydrogens (tertiary/aromatic N) is 6. The molecular formula is C108H78N6. The van der Waals surface area contributed by atoms with E-state index in [4.69, 9.17) is 13.7 Å². The van der Waals surface area contributed by atoms with Crippen LogP contribution in [0, 0.1) is 0 Å². The second-order valence-corrected chi connectivity index (χ2v) is 27.8. The van der Waals surface area contributed by atoms with Crippen LogP contribution in [0.4, 0.5) is 68.2 Å². The summed E-state index contributed by atoms with van der Waals surface area (Å²) >= 11 is 0. The summed E-state index contributed by atoms with van der Waals surface area (Å²) in [4.78, 5) is 8.07. The number of benzene rings is 18. The van der Waals surface area contributed by atoms with E-state index >= 15 is 0 Å². The maximum absolute atomic E-state index is 8.95. The van der Waals surface area contributed by atoms with Gasteiger partial charge >= 0.3 is 0 Å². The molecule has 540 valence electrons. The highest BCUT2D eigenvalue weighted by Gasteiger charge is 2.23. The number of rotatable bonds is 18. The molecule has 20 rings (SSSR count). The van der Waals surface area contributed by atoms with Crippen molar-refractivity contribution in [1.82, 2.24) is 9.13 Å². The van der Waals surface area contributed by atoms with Gasteiger partial charge in [0.2, 0.25) is 0 Å². The van der Waals surface area contributed by atoms with Gasteiger partial charge in [0.05, 0.1) is 35.8 Å². The number of anilines is 12. The van der Waals surface area contributed by atoms with Gasteiger partial charge in [0.1, 0.15) is 0 Å². The average Bonchev–Trinajstić information content (AvgIpc) is 1.51. The van der Waals surface area contributed by atoms with Crippen LogP contribution in [-0.2, 0) is 0 Å². The van der Waals surface area contributed by atoms with Crippen LogP contribution in [0.5, 0.6) is 0 Å². The van der Waals surface area contributed by atoms with Gasteiger partial charge in [0.15, 0.2) is 0 Å². The molecule has 0 fully saturated rings. The summed E-state index contributed by atoms with van der Waals surface area (Å²) in [5, 5.41) is 4.88. The summed E-state index contributed by atoms with van der Waals surface area (Å²) in [5.74, 6) is 0. The van der Waals surface area contributed by atoms with E-state index in [0.717, 1.165) is 78.9 Å². The van der Waals surface area contributed by atoms with E-state index in [1.54, 1.807) is 9.80 Å². The SMILES string of the molecule is [2H]c1c([2H])c([2H])c(N(c2ccc(-c3ccccc3)cc2)c2cccc(-c3cccc(N(c4ccc(-c5ccccc5)cc4)c4c([2H])c([2H])c([2H])c([2H])c4[2H])c3)c2)c([2H])c1[2H].c1ccc(N(c2cccc(-c3cccc(N(c4ccccc4)c4ccc5c(c4)c4ccccc4n5-c4ccccc4)c3)c2)c2ccc3c(c2)c2ccccc2n3-c2ccccc2)cc1. The first-order chi connectivity index (χ1) is 60.7. The zero-order chi connectivity index (χ0) is 84.6. The number of hydrogen-bond donors (Lipinski definition) is 0. The third kappa shape index (κ3) is 13.9. The van der Waals surface area contributed by atoms with Gasteiger partial charge < -0.3 is 28.7 Å². The predicted octanol–water partition coefficient (Wildman–Crippen LogP) is 30.1. The van der Waals surface area contributed by atoms with Crippen LogP contribution in [0.2, 0.25) is 0 Å². The maximum atomic E-state index is 8.95. The van der Waals surface area contributed by atoms with Crippen molar-refractivity contribution in [2.45, 2.75) is 0 Å². The molecule has 20 aromatic rings. The van der Waals surface area contributed by atoms with E-state index in [9.17, 15) is 0 Å². The van der Waals surface area contributed by atoms with Crippen LogP contribution < -0.4 is 19.6 Å². The Bertz CT molecular complexity index is 6870. The topological polar surface area (TPSA) is 22.8 Å². The second-order valence-electron chi connectivity index (χ2n) is 27.8. The predicted molar refractivity (Wildman–Crippen MR) is 482 cm³/mol. The number of para-hydroxylation sites is 8. The molecule has 6 nitrogen and oxygen atoms in total. The van der Waals surface area contributed by atoms with E-state index < -0.39 is 36.3 Å². The summed E-state index contributed by atoms with van der Waals surface area (Å²) in [6.07, 6.45) is 0. The minimum atomic E-state index is -0.489. The monoisotopic (exact) mass is 1470 g/mol. The van der Waals surface area contributed by atoms with Gasteiger partial charge in [0, 0.05) is 101 Å². The Labute approximate surface area is 679 Å². The highest BCUT2D eigenvalue weighted by molar-refractivity contribution is 6.12. The number of fused-ring (bicyclic) bond motifs is 6. The molecule has 0 radical (unpaired) electrons. The fourth-order valence-corrected chi connectivity index (χ4v) is 15.6. The molecule has 0 aliphatic rings. The summed E-state index contributed by atoms with van der Waals surface area (Å²) in [6, 6.07) is 137. The fourth-order valence-electron chi connectivity index (χ4n) is 15.6. The zero-order valence-electron chi connectivity index (χ0n) is 71.9. The van der Waals surface area contributed by atoms with E-state index in [-0.39, 0.29) is 35.5 Å². The van der Waals surface area contributed by atoms with Gasteiger partial charge in [-0.2, -0.15) is 0 Å². The van der Waals surface area contributed by atoms with Gasteiger partial charge in [-0.3, -0.25) is 0 Å². The smallest absolute Gasteiger partial charge is 0.0645 e. The molecule has 0 atom stereocenters. The van der Waals surface area contributed by atoms with Crippen molar-refractivity contribution in [3.63, 3.8) is 0 Å². The van der Waals surface area contributed by atoms with Gasteiger partial charge in [0.25, 0.3) is 0 Å². The summed E-state index contributed by atoms with van der Waals surface area (Å²) in [6.45, 7) is 0. The Kier molecular flexibility index (Phi) is 16.2. The molecule has 6 heteroatoms. The van der Waals surface area contributed by atoms with Gasteiger partial charge in [-0.05, 0) is 239 Å². The minimum absolute atomic E-state index is 0.00864. The van der Waals surface area contributed by atoms with Crippen molar-refractivity contribution in [1.29, 1.82) is 0 Å². The summed E-state index contributed by atoms with van der Waals surface area (Å²) < 4.78 is 91.1. The highest BCUT2D eigenvalue weighted by atomic mass is 15.2. The van der Waals surface area contributed by atoms with Gasteiger partial charge in [-0.1, -0.05) is 279 Å². The normalized spacial score (nSPS) is 12.4. The molecule has 0 unspecified atom stereocenters. The van der Waals surface area contributed by atoms with Gasteiger partial charge in [-0.25, -0.2) is 0 Å². The molecule has 0 saturated heterocycles. The third-order valence-corrected chi connectivity index (χ3v) is 20.9. The largest absolute Gasteiger partial charge is 0.310 e. The molecule has 0 aliphatic heterocycles. The minimum Gasteiger partial charge on any atom is -0.310 e. The van der Waals surface area contributed by atoms with E-state index in [2.05, 4.69) is 274 Å². The molecule has 0 saturated carbocycles. The lowest BCUT2D eigenvalue weighted by Crippen LogP contribution is -2.10. The lowest BCUT2D eigenvalue weighted by Gasteiger charge is -2.27. The third-order valence-electron chi connectivity index (χ3n) is 20.9. The molecule has 0 amide bonds. The van der Waals surface area contributed by atoms with E-state index in [0.29, 0.717) is 33.9 Å². The quantitative estimate of drug-likeness (QED) is 0.0854. The van der Waals surface area contributed by atoms with Crippen molar-refractivity contribution in [3.05, 3.63) is 473 Å². The van der Waals surface area contributed by atoms with Crippen LogP contribution in [0.25, 0.3) is 99.5 Å². The Morgan fingerprint density at radius 2 is 0.395 bits per heavy atom. The molecule has 18 aromatic carbocycles. The number of hydrogen-bond acceptors (Lipinski definition) is 4. The maximum Gasteiger partial charge on any atom is 0.0645 e. The van der Waals surface area contributed by atoms with Crippen molar-refractivity contribution >= 4 is 112 Å². The highest BCUT2D eigenvalue weighted by Crippen LogP contribution is 2.46. The fraction of sp³-hybridized carbons (Fsp3) is 0. The van der Waals surface area contributed by atoms with E-state index in [1.807, 2.05) is 158 Å². The lowest BCUT2D eigenvalue weighted by atomic mass is 10.0. The van der Waals surface area contributed by atoms with Crippen LogP contribution in [0.3, 0.4) is 0 Å². The first-order valence-corrected chi connectivity index (χ1v) is 38.0. The van der Waals surface area contributed by atoms with Crippen LogP contribution >= 0.6 is 0 Å². The molecule has 2 aromatic heterocycles. The summed E-state index contributed by atoms with van der Waals surface area (Å²) in [7, 11) is 0. The molecule has 0 spiro atoms. The second kappa shape index (κ2) is 31.4. The number of aromatic nitrogens is 2. The van der Waals surface area contributed by atoms with Crippen molar-refractivity contribution < 1.29 is 13.7 Å². The Morgan fingerprint density at radius 1 is 0.158 bits per heavy atom. The molecule has 0 aliphatic carbocycles. The van der Waals surface area contributed by atoms with Crippen LogP contribution in [-0.4, -0.2) is 9.13 Å². The Hall–Kier alpha value is -15.2.